The lowest BCUT2D eigenvalue weighted by molar-refractivity contribution is -0.105. The van der Waals surface area contributed by atoms with Crippen LogP contribution in [0.5, 0.6) is 0 Å². The minimum absolute atomic E-state index is 0.0158. The monoisotopic (exact) mass is 179 g/mol. The average molecular weight is 179 g/mol. The molecule has 0 aliphatic carbocycles. The fraction of sp³-hybridized carbons (Fsp3) is 0.833. The van der Waals surface area contributed by atoms with Crippen LogP contribution >= 0.6 is 7.37 Å². The second-order valence-corrected chi connectivity index (χ2v) is 4.79. The molecular formula is C6H14NO3P. The van der Waals surface area contributed by atoms with Gasteiger partial charge in [-0.25, -0.2) is 0 Å². The summed E-state index contributed by atoms with van der Waals surface area (Å²) in [5.41, 5.74) is 5.21. The first kappa shape index (κ1) is 10.8. The summed E-state index contributed by atoms with van der Waals surface area (Å²) >= 11 is 0. The summed E-state index contributed by atoms with van der Waals surface area (Å²) in [5.74, 6) is 0. The molecule has 66 valence electrons. The number of carbonyl (C=O) groups excluding carboxylic acids is 1. The van der Waals surface area contributed by atoms with E-state index < -0.39 is 7.37 Å². The van der Waals surface area contributed by atoms with Gasteiger partial charge in [0, 0.05) is 12.7 Å². The lowest BCUT2D eigenvalue weighted by atomic mass is 10.8. The van der Waals surface area contributed by atoms with Gasteiger partial charge in [0.05, 0.1) is 12.8 Å². The molecule has 0 rings (SSSR count). The molecule has 0 aromatic heterocycles. The van der Waals surface area contributed by atoms with Crippen LogP contribution < -0.4 is 5.73 Å². The van der Waals surface area contributed by atoms with Crippen LogP contribution in [0.2, 0.25) is 0 Å². The zero-order valence-corrected chi connectivity index (χ0v) is 7.55. The first-order valence-corrected chi connectivity index (χ1v) is 5.54. The van der Waals surface area contributed by atoms with Crippen molar-refractivity contribution in [3.05, 3.63) is 0 Å². The maximum absolute atomic E-state index is 11.5. The normalized spacial score (nSPS) is 15.8. The Morgan fingerprint density at radius 3 is 2.64 bits per heavy atom. The topological polar surface area (TPSA) is 69.4 Å². The van der Waals surface area contributed by atoms with Gasteiger partial charge in [0.15, 0.2) is 0 Å². The number of aldehydes is 1. The van der Waals surface area contributed by atoms with Crippen molar-refractivity contribution in [2.45, 2.75) is 6.92 Å². The zero-order valence-electron chi connectivity index (χ0n) is 6.66. The van der Waals surface area contributed by atoms with Gasteiger partial charge >= 0.3 is 0 Å². The van der Waals surface area contributed by atoms with Crippen LogP contribution in [-0.2, 0) is 13.9 Å². The molecule has 0 aromatic carbocycles. The van der Waals surface area contributed by atoms with Gasteiger partial charge in [0.2, 0.25) is 7.37 Å². The van der Waals surface area contributed by atoms with Gasteiger partial charge in [-0.15, -0.1) is 0 Å². The van der Waals surface area contributed by atoms with E-state index in [1.54, 1.807) is 6.92 Å². The number of rotatable bonds is 6. The minimum atomic E-state index is -2.71. The van der Waals surface area contributed by atoms with E-state index in [-0.39, 0.29) is 6.16 Å². The fourth-order valence-corrected chi connectivity index (χ4v) is 2.26. The van der Waals surface area contributed by atoms with E-state index in [1.165, 1.54) is 0 Å². The predicted molar refractivity (Wildman–Crippen MR) is 44.1 cm³/mol. The SMILES string of the molecule is CCOP(=O)(CC=O)CCN. The van der Waals surface area contributed by atoms with Crippen molar-refractivity contribution in [2.75, 3.05) is 25.5 Å². The van der Waals surface area contributed by atoms with Gasteiger partial charge < -0.3 is 15.1 Å². The summed E-state index contributed by atoms with van der Waals surface area (Å²) in [5, 5.41) is 0. The van der Waals surface area contributed by atoms with Gasteiger partial charge in [-0.2, -0.15) is 0 Å². The van der Waals surface area contributed by atoms with Crippen LogP contribution in [0.4, 0.5) is 0 Å². The Hall–Kier alpha value is -0.180. The van der Waals surface area contributed by atoms with E-state index in [0.29, 0.717) is 25.6 Å². The molecule has 1 unspecified atom stereocenters. The summed E-state index contributed by atoms with van der Waals surface area (Å²) in [7, 11) is -2.71. The maximum Gasteiger partial charge on any atom is 0.211 e. The summed E-state index contributed by atoms with van der Waals surface area (Å²) < 4.78 is 16.4. The molecule has 0 amide bonds. The van der Waals surface area contributed by atoms with Crippen LogP contribution in [0, 0.1) is 0 Å². The summed E-state index contributed by atoms with van der Waals surface area (Å²) in [4.78, 5) is 10.1. The summed E-state index contributed by atoms with van der Waals surface area (Å²) in [6.45, 7) is 2.41. The number of carbonyl (C=O) groups is 1. The lowest BCUT2D eigenvalue weighted by Crippen LogP contribution is -2.10. The predicted octanol–water partition coefficient (Wildman–Crippen LogP) is 0.459. The first-order valence-electron chi connectivity index (χ1n) is 3.55. The zero-order chi connectivity index (χ0) is 8.74. The second kappa shape index (κ2) is 5.47. The van der Waals surface area contributed by atoms with Crippen molar-refractivity contribution >= 4 is 13.7 Å². The van der Waals surface area contributed by atoms with Gasteiger partial charge in [0.1, 0.15) is 6.29 Å². The molecule has 0 bridgehead atoms. The smallest absolute Gasteiger partial charge is 0.211 e. The van der Waals surface area contributed by atoms with Gasteiger partial charge in [0.25, 0.3) is 0 Å². The van der Waals surface area contributed by atoms with E-state index in [0.717, 1.165) is 0 Å². The lowest BCUT2D eigenvalue weighted by Gasteiger charge is -2.13. The van der Waals surface area contributed by atoms with E-state index in [1.807, 2.05) is 0 Å². The standard InChI is InChI=1S/C6H14NO3P/c1-2-10-11(9,5-3-7)6-4-8/h4H,2-3,5-7H2,1H3. The van der Waals surface area contributed by atoms with Crippen LogP contribution in [0.25, 0.3) is 0 Å². The Bertz CT molecular complexity index is 150. The molecule has 11 heavy (non-hydrogen) atoms. The van der Waals surface area contributed by atoms with Crippen LogP contribution in [0.15, 0.2) is 0 Å². The highest BCUT2D eigenvalue weighted by atomic mass is 31.2. The highest BCUT2D eigenvalue weighted by Crippen LogP contribution is 2.44. The Labute approximate surface area is 66.6 Å². The number of hydrogen-bond acceptors (Lipinski definition) is 4. The molecule has 0 aliphatic heterocycles. The van der Waals surface area contributed by atoms with Crippen molar-refractivity contribution in [3.8, 4) is 0 Å². The Morgan fingerprint density at radius 2 is 2.27 bits per heavy atom. The third-order valence-corrected chi connectivity index (χ3v) is 3.56. The van der Waals surface area contributed by atoms with Crippen molar-refractivity contribution in [3.63, 3.8) is 0 Å². The summed E-state index contributed by atoms with van der Waals surface area (Å²) in [6.07, 6.45) is 0.893. The molecule has 0 aromatic rings. The molecule has 1 atom stereocenters. The van der Waals surface area contributed by atoms with Gasteiger partial charge in [-0.1, -0.05) is 0 Å². The number of nitrogens with two attached hydrogens (primary N) is 1. The van der Waals surface area contributed by atoms with E-state index in [4.69, 9.17) is 10.3 Å². The summed E-state index contributed by atoms with van der Waals surface area (Å²) in [6, 6.07) is 0. The largest absolute Gasteiger partial charge is 0.330 e. The molecule has 0 saturated carbocycles. The first-order chi connectivity index (χ1) is 5.18. The van der Waals surface area contributed by atoms with Crippen molar-refractivity contribution in [2.24, 2.45) is 5.73 Å². The average Bonchev–Trinajstić information content (AvgIpc) is 1.88. The van der Waals surface area contributed by atoms with E-state index >= 15 is 0 Å². The molecule has 5 heteroatoms. The van der Waals surface area contributed by atoms with Gasteiger partial charge in [-0.3, -0.25) is 4.57 Å². The molecule has 2 N–H and O–H groups in total. The third kappa shape index (κ3) is 4.30. The van der Waals surface area contributed by atoms with Crippen LogP contribution in [0.1, 0.15) is 6.92 Å². The highest BCUT2D eigenvalue weighted by Gasteiger charge is 2.20. The molecular weight excluding hydrogens is 165 g/mol. The van der Waals surface area contributed by atoms with E-state index in [9.17, 15) is 9.36 Å². The second-order valence-electron chi connectivity index (χ2n) is 2.09. The van der Waals surface area contributed by atoms with E-state index in [2.05, 4.69) is 0 Å². The Morgan fingerprint density at radius 1 is 1.64 bits per heavy atom. The van der Waals surface area contributed by atoms with Crippen LogP contribution in [0.3, 0.4) is 0 Å². The fourth-order valence-electron chi connectivity index (χ4n) is 0.754. The third-order valence-electron chi connectivity index (χ3n) is 1.19. The van der Waals surface area contributed by atoms with Crippen LogP contribution in [-0.4, -0.2) is 31.8 Å². The quantitative estimate of drug-likeness (QED) is 0.475. The molecule has 0 saturated heterocycles. The van der Waals surface area contributed by atoms with Crippen molar-refractivity contribution in [1.29, 1.82) is 0 Å². The Kier molecular flexibility index (Phi) is 5.38. The highest BCUT2D eigenvalue weighted by molar-refractivity contribution is 7.59. The maximum atomic E-state index is 11.5. The molecule has 0 spiro atoms. The van der Waals surface area contributed by atoms with Gasteiger partial charge in [-0.05, 0) is 6.92 Å². The molecule has 0 heterocycles. The van der Waals surface area contributed by atoms with Crippen molar-refractivity contribution in [1.82, 2.24) is 0 Å². The Balaban J connectivity index is 4.01. The van der Waals surface area contributed by atoms with Crippen molar-refractivity contribution < 1.29 is 13.9 Å². The number of hydrogen-bond donors (Lipinski definition) is 1. The molecule has 0 aliphatic rings. The molecule has 0 radical (unpaired) electrons. The molecule has 4 nitrogen and oxygen atoms in total. The molecule has 0 fully saturated rings. The minimum Gasteiger partial charge on any atom is -0.330 e.